The van der Waals surface area contributed by atoms with Crippen molar-refractivity contribution in [2.24, 2.45) is 5.92 Å². The largest absolute Gasteiger partial charge is 0.487 e. The number of fused-ring (bicyclic) bond motifs is 2. The third-order valence-corrected chi connectivity index (χ3v) is 4.77. The third kappa shape index (κ3) is 2.00. The Morgan fingerprint density at radius 1 is 1.29 bits per heavy atom. The molecule has 0 heterocycles. The van der Waals surface area contributed by atoms with E-state index in [4.69, 9.17) is 9.47 Å². The average Bonchev–Trinajstić information content (AvgIpc) is 2.90. The van der Waals surface area contributed by atoms with Crippen molar-refractivity contribution < 1.29 is 9.47 Å². The van der Waals surface area contributed by atoms with E-state index in [0.29, 0.717) is 0 Å². The predicted molar refractivity (Wildman–Crippen MR) is 70.3 cm³/mol. The van der Waals surface area contributed by atoms with E-state index >= 15 is 0 Å². The second-order valence-corrected chi connectivity index (χ2v) is 6.09. The summed E-state index contributed by atoms with van der Waals surface area (Å²) in [5.74, 6) is 1.75. The van der Waals surface area contributed by atoms with Gasteiger partial charge in [0.2, 0.25) is 0 Å². The third-order valence-electron chi connectivity index (χ3n) is 4.24. The Morgan fingerprint density at radius 2 is 2.06 bits per heavy atom. The maximum Gasteiger partial charge on any atom is 0.128 e. The van der Waals surface area contributed by atoms with Gasteiger partial charge >= 0.3 is 0 Å². The van der Waals surface area contributed by atoms with Gasteiger partial charge < -0.3 is 9.47 Å². The molecule has 3 atom stereocenters. The molecule has 3 rings (SSSR count). The van der Waals surface area contributed by atoms with Gasteiger partial charge in [0.25, 0.3) is 0 Å². The molecule has 2 aliphatic carbocycles. The van der Waals surface area contributed by atoms with Crippen molar-refractivity contribution in [3.63, 3.8) is 0 Å². The van der Waals surface area contributed by atoms with E-state index in [2.05, 4.69) is 15.9 Å². The number of methoxy groups -OCH3 is 1. The molecule has 0 aliphatic heterocycles. The highest BCUT2D eigenvalue weighted by Crippen LogP contribution is 2.51. The summed E-state index contributed by atoms with van der Waals surface area (Å²) in [6.07, 6.45) is 4.99. The van der Waals surface area contributed by atoms with Gasteiger partial charge in [-0.3, -0.25) is 0 Å². The van der Waals surface area contributed by atoms with Crippen LogP contribution in [0.2, 0.25) is 0 Å². The molecule has 2 bridgehead atoms. The maximum atomic E-state index is 6.11. The van der Waals surface area contributed by atoms with Crippen molar-refractivity contribution in [3.8, 4) is 5.75 Å². The summed E-state index contributed by atoms with van der Waals surface area (Å²) in [5, 5.41) is 0. The molecule has 0 aromatic heterocycles. The molecule has 17 heavy (non-hydrogen) atoms. The summed E-state index contributed by atoms with van der Waals surface area (Å²) in [5.41, 5.74) is -0.0161. The van der Waals surface area contributed by atoms with Gasteiger partial charge in [0.1, 0.15) is 17.5 Å². The van der Waals surface area contributed by atoms with Crippen LogP contribution in [0.1, 0.15) is 25.7 Å². The average molecular weight is 297 g/mol. The Morgan fingerprint density at radius 3 is 2.71 bits per heavy atom. The second kappa shape index (κ2) is 4.29. The maximum absolute atomic E-state index is 6.11. The zero-order valence-corrected chi connectivity index (χ0v) is 11.6. The molecule has 0 spiro atoms. The van der Waals surface area contributed by atoms with Crippen molar-refractivity contribution in [1.29, 1.82) is 0 Å². The second-order valence-electron chi connectivity index (χ2n) is 5.17. The lowest BCUT2D eigenvalue weighted by molar-refractivity contribution is -0.0745. The van der Waals surface area contributed by atoms with E-state index in [1.807, 2.05) is 31.4 Å². The minimum atomic E-state index is -0.0161. The summed E-state index contributed by atoms with van der Waals surface area (Å²) >= 11 is 3.43. The number of halogens is 1. The van der Waals surface area contributed by atoms with Crippen molar-refractivity contribution in [2.75, 3.05) is 7.11 Å². The predicted octanol–water partition coefficient (Wildman–Crippen LogP) is 3.79. The van der Waals surface area contributed by atoms with Crippen LogP contribution in [0, 0.1) is 5.92 Å². The molecule has 2 aliphatic rings. The first kappa shape index (κ1) is 11.5. The quantitative estimate of drug-likeness (QED) is 0.845. The molecule has 3 heteroatoms. The van der Waals surface area contributed by atoms with Gasteiger partial charge in [0.15, 0.2) is 0 Å². The van der Waals surface area contributed by atoms with Crippen LogP contribution in [0.15, 0.2) is 28.7 Å². The Hall–Kier alpha value is -0.540. The molecule has 2 saturated carbocycles. The fourth-order valence-electron chi connectivity index (χ4n) is 3.30. The topological polar surface area (TPSA) is 18.5 Å². The summed E-state index contributed by atoms with van der Waals surface area (Å²) in [4.78, 5) is 0. The number of hydrogen-bond donors (Lipinski definition) is 0. The van der Waals surface area contributed by atoms with Crippen LogP contribution >= 0.6 is 15.9 Å². The summed E-state index contributed by atoms with van der Waals surface area (Å²) in [7, 11) is 1.83. The van der Waals surface area contributed by atoms with Gasteiger partial charge in [-0.2, -0.15) is 0 Å². The Labute approximate surface area is 110 Å². The highest BCUT2D eigenvalue weighted by Gasteiger charge is 2.54. The van der Waals surface area contributed by atoms with E-state index in [0.717, 1.165) is 29.0 Å². The minimum absolute atomic E-state index is 0.0161. The summed E-state index contributed by atoms with van der Waals surface area (Å²) in [6, 6.07) is 8.06. The Balaban J connectivity index is 1.75. The fraction of sp³-hybridized carbons (Fsp3) is 0.571. The van der Waals surface area contributed by atoms with Gasteiger partial charge in [-0.15, -0.1) is 0 Å². The van der Waals surface area contributed by atoms with E-state index < -0.39 is 0 Å². The SMILES string of the molecule is COC12CCC(CC1Oc1ccc(Br)cc1)C2. The number of ether oxygens (including phenoxy) is 2. The lowest BCUT2D eigenvalue weighted by atomic mass is 9.93. The molecule has 92 valence electrons. The first-order valence-electron chi connectivity index (χ1n) is 6.19. The number of rotatable bonds is 3. The smallest absolute Gasteiger partial charge is 0.128 e. The molecule has 1 aromatic rings. The minimum Gasteiger partial charge on any atom is -0.487 e. The van der Waals surface area contributed by atoms with Crippen LogP contribution < -0.4 is 4.74 Å². The molecule has 0 amide bonds. The van der Waals surface area contributed by atoms with Crippen molar-refractivity contribution in [2.45, 2.75) is 37.4 Å². The Kier molecular flexibility index (Phi) is 2.91. The molecule has 0 N–H and O–H groups in total. The van der Waals surface area contributed by atoms with Gasteiger partial charge in [-0.05, 0) is 55.9 Å². The zero-order chi connectivity index (χ0) is 11.9. The highest BCUT2D eigenvalue weighted by atomic mass is 79.9. The molecule has 2 nitrogen and oxygen atoms in total. The van der Waals surface area contributed by atoms with Gasteiger partial charge in [0, 0.05) is 11.6 Å². The molecule has 1 aromatic carbocycles. The van der Waals surface area contributed by atoms with Crippen LogP contribution in [0.3, 0.4) is 0 Å². The van der Waals surface area contributed by atoms with Crippen LogP contribution in [0.5, 0.6) is 5.75 Å². The molecular weight excluding hydrogens is 280 g/mol. The molecule has 0 saturated heterocycles. The van der Waals surface area contributed by atoms with E-state index in [1.165, 1.54) is 12.8 Å². The van der Waals surface area contributed by atoms with Gasteiger partial charge in [-0.25, -0.2) is 0 Å². The molecule has 3 unspecified atom stereocenters. The molecule has 2 fully saturated rings. The van der Waals surface area contributed by atoms with Crippen molar-refractivity contribution >= 4 is 15.9 Å². The first-order chi connectivity index (χ1) is 8.22. The van der Waals surface area contributed by atoms with Crippen molar-refractivity contribution in [3.05, 3.63) is 28.7 Å². The van der Waals surface area contributed by atoms with E-state index in [9.17, 15) is 0 Å². The monoisotopic (exact) mass is 296 g/mol. The fourth-order valence-corrected chi connectivity index (χ4v) is 3.57. The zero-order valence-electron chi connectivity index (χ0n) is 9.99. The van der Waals surface area contributed by atoms with Crippen LogP contribution in [0.4, 0.5) is 0 Å². The van der Waals surface area contributed by atoms with Crippen LogP contribution in [-0.4, -0.2) is 18.8 Å². The van der Waals surface area contributed by atoms with E-state index in [1.54, 1.807) is 0 Å². The molecule has 0 radical (unpaired) electrons. The highest BCUT2D eigenvalue weighted by molar-refractivity contribution is 9.10. The van der Waals surface area contributed by atoms with Crippen molar-refractivity contribution in [1.82, 2.24) is 0 Å². The lowest BCUT2D eigenvalue weighted by Gasteiger charge is -2.33. The Bertz CT molecular complexity index is 403. The lowest BCUT2D eigenvalue weighted by Crippen LogP contribution is -2.42. The van der Waals surface area contributed by atoms with E-state index in [-0.39, 0.29) is 11.7 Å². The standard InChI is InChI=1S/C14H17BrO2/c1-16-14-7-6-10(9-14)8-13(14)17-12-4-2-11(15)3-5-12/h2-5,10,13H,6-9H2,1H3. The molecular formula is C14H17BrO2. The van der Waals surface area contributed by atoms with Gasteiger partial charge in [-0.1, -0.05) is 15.9 Å². The normalized spacial score (nSPS) is 35.2. The summed E-state index contributed by atoms with van der Waals surface area (Å²) < 4.78 is 13.0. The van der Waals surface area contributed by atoms with Gasteiger partial charge in [0.05, 0.1) is 0 Å². The number of hydrogen-bond acceptors (Lipinski definition) is 2. The first-order valence-corrected chi connectivity index (χ1v) is 6.98. The summed E-state index contributed by atoms with van der Waals surface area (Å²) in [6.45, 7) is 0. The van der Waals surface area contributed by atoms with Crippen LogP contribution in [-0.2, 0) is 4.74 Å². The van der Waals surface area contributed by atoms with Crippen LogP contribution in [0.25, 0.3) is 0 Å². The number of benzene rings is 1.